The van der Waals surface area contributed by atoms with Crippen molar-refractivity contribution in [3.05, 3.63) is 63.3 Å². The number of para-hydroxylation sites is 2. The number of thioether (sulfide) groups is 1. The third-order valence-electron chi connectivity index (χ3n) is 5.54. The summed E-state index contributed by atoms with van der Waals surface area (Å²) in [7, 11) is 3.60. The van der Waals surface area contributed by atoms with Gasteiger partial charge in [0.05, 0.1) is 23.9 Å². The third-order valence-corrected chi connectivity index (χ3v) is 7.66. The van der Waals surface area contributed by atoms with Crippen molar-refractivity contribution in [1.29, 1.82) is 0 Å². The molecule has 0 spiro atoms. The number of hydrogen-bond donors (Lipinski definition) is 0. The van der Waals surface area contributed by atoms with Gasteiger partial charge >= 0.3 is 0 Å². The number of aryl methyl sites for hydroxylation is 3. The van der Waals surface area contributed by atoms with E-state index < -0.39 is 0 Å². The molecule has 0 unspecified atom stereocenters. The van der Waals surface area contributed by atoms with Crippen LogP contribution in [0.25, 0.3) is 15.9 Å². The number of thiophene rings is 1. The number of ether oxygens (including phenoxy) is 1. The number of methoxy groups -OCH3 is 1. The average molecular weight is 439 g/mol. The van der Waals surface area contributed by atoms with Crippen molar-refractivity contribution in [1.82, 2.24) is 19.1 Å². The van der Waals surface area contributed by atoms with E-state index in [1.54, 1.807) is 29.2 Å². The minimum atomic E-state index is -0.00811. The molecule has 0 bridgehead atoms. The van der Waals surface area contributed by atoms with Gasteiger partial charge in [-0.1, -0.05) is 23.9 Å². The Hall–Kier alpha value is -2.58. The molecule has 154 valence electrons. The molecule has 30 heavy (non-hydrogen) atoms. The minimum Gasteiger partial charge on any atom is -0.495 e. The molecule has 3 heterocycles. The van der Waals surface area contributed by atoms with Crippen LogP contribution >= 0.6 is 23.1 Å². The predicted octanol–water partition coefficient (Wildman–Crippen LogP) is 4.36. The van der Waals surface area contributed by atoms with E-state index in [1.807, 2.05) is 42.1 Å². The van der Waals surface area contributed by atoms with Gasteiger partial charge in [0.15, 0.2) is 5.16 Å². The highest BCUT2D eigenvalue weighted by atomic mass is 32.2. The molecule has 5 rings (SSSR count). The van der Waals surface area contributed by atoms with Crippen LogP contribution < -0.4 is 10.3 Å². The Morgan fingerprint density at radius 2 is 2.07 bits per heavy atom. The van der Waals surface area contributed by atoms with Gasteiger partial charge in [0, 0.05) is 24.3 Å². The number of hydrogen-bond acceptors (Lipinski definition) is 6. The summed E-state index contributed by atoms with van der Waals surface area (Å²) >= 11 is 3.21. The zero-order valence-corrected chi connectivity index (χ0v) is 18.6. The first-order valence-corrected chi connectivity index (χ1v) is 11.8. The fraction of sp³-hybridized carbons (Fsp3) is 0.318. The van der Waals surface area contributed by atoms with Crippen molar-refractivity contribution in [2.75, 3.05) is 7.11 Å². The van der Waals surface area contributed by atoms with Gasteiger partial charge in [-0.15, -0.1) is 11.3 Å². The fourth-order valence-corrected chi connectivity index (χ4v) is 6.29. The van der Waals surface area contributed by atoms with Crippen molar-refractivity contribution in [3.8, 4) is 11.4 Å². The summed E-state index contributed by atoms with van der Waals surface area (Å²) in [4.78, 5) is 25.4. The molecule has 0 aliphatic heterocycles. The molecule has 0 atom stereocenters. The van der Waals surface area contributed by atoms with Crippen LogP contribution in [-0.4, -0.2) is 26.2 Å². The summed E-state index contributed by atoms with van der Waals surface area (Å²) < 4.78 is 9.28. The SMILES string of the molecule is COc1ccccc1-n1c(SCc2nccn2C)nc2sc3c(c2c1=O)CCCC3. The van der Waals surface area contributed by atoms with Gasteiger partial charge in [-0.25, -0.2) is 9.97 Å². The van der Waals surface area contributed by atoms with E-state index in [1.165, 1.54) is 28.6 Å². The summed E-state index contributed by atoms with van der Waals surface area (Å²) in [6.45, 7) is 0. The van der Waals surface area contributed by atoms with Gasteiger partial charge in [0.25, 0.3) is 5.56 Å². The number of benzene rings is 1. The van der Waals surface area contributed by atoms with E-state index in [4.69, 9.17) is 9.72 Å². The number of aromatic nitrogens is 4. The highest BCUT2D eigenvalue weighted by Gasteiger charge is 2.24. The van der Waals surface area contributed by atoms with Crippen LogP contribution in [0.4, 0.5) is 0 Å². The normalized spacial score (nSPS) is 13.5. The van der Waals surface area contributed by atoms with Crippen LogP contribution in [0.1, 0.15) is 29.1 Å². The predicted molar refractivity (Wildman–Crippen MR) is 121 cm³/mol. The van der Waals surface area contributed by atoms with E-state index in [-0.39, 0.29) is 5.56 Å². The lowest BCUT2D eigenvalue weighted by molar-refractivity contribution is 0.411. The van der Waals surface area contributed by atoms with E-state index in [0.717, 1.165) is 41.0 Å². The number of rotatable bonds is 5. The van der Waals surface area contributed by atoms with Gasteiger partial charge in [-0.2, -0.15) is 0 Å². The highest BCUT2D eigenvalue weighted by molar-refractivity contribution is 7.98. The zero-order chi connectivity index (χ0) is 20.7. The monoisotopic (exact) mass is 438 g/mol. The molecule has 1 aliphatic rings. The molecule has 0 N–H and O–H groups in total. The molecule has 0 amide bonds. The number of nitrogens with zero attached hydrogens (tertiary/aromatic N) is 4. The number of fused-ring (bicyclic) bond motifs is 3. The molecule has 6 nitrogen and oxygen atoms in total. The molecule has 1 aliphatic carbocycles. The van der Waals surface area contributed by atoms with Crippen LogP contribution in [0.15, 0.2) is 46.6 Å². The first-order valence-electron chi connectivity index (χ1n) is 9.97. The smallest absolute Gasteiger partial charge is 0.267 e. The van der Waals surface area contributed by atoms with Crippen molar-refractivity contribution in [2.45, 2.75) is 36.6 Å². The number of imidazole rings is 1. The van der Waals surface area contributed by atoms with Crippen molar-refractivity contribution in [3.63, 3.8) is 0 Å². The third kappa shape index (κ3) is 3.24. The van der Waals surface area contributed by atoms with E-state index in [2.05, 4.69) is 4.98 Å². The summed E-state index contributed by atoms with van der Waals surface area (Å²) in [5, 5.41) is 1.44. The molecule has 0 radical (unpaired) electrons. The lowest BCUT2D eigenvalue weighted by atomic mass is 9.97. The highest BCUT2D eigenvalue weighted by Crippen LogP contribution is 2.36. The minimum absolute atomic E-state index is 0.00811. The molecular formula is C22H22N4O2S2. The standard InChI is InChI=1S/C22H22N4O2S2/c1-25-12-11-23-18(25)13-29-22-24-20-19(14-7-3-6-10-17(14)30-20)21(27)26(22)15-8-4-5-9-16(15)28-2/h4-5,8-9,11-12H,3,6-7,10,13H2,1-2H3. The molecule has 0 saturated carbocycles. The van der Waals surface area contributed by atoms with E-state index in [9.17, 15) is 4.79 Å². The van der Waals surface area contributed by atoms with Crippen LogP contribution in [-0.2, 0) is 25.6 Å². The van der Waals surface area contributed by atoms with Crippen molar-refractivity contribution in [2.24, 2.45) is 7.05 Å². The summed E-state index contributed by atoms with van der Waals surface area (Å²) in [5.74, 6) is 2.22. The second-order valence-corrected chi connectivity index (χ2v) is 9.37. The van der Waals surface area contributed by atoms with Crippen LogP contribution in [0.2, 0.25) is 0 Å². The fourth-order valence-electron chi connectivity index (χ4n) is 3.97. The van der Waals surface area contributed by atoms with Crippen LogP contribution in [0, 0.1) is 0 Å². The van der Waals surface area contributed by atoms with Crippen LogP contribution in [0.5, 0.6) is 5.75 Å². The molecule has 3 aromatic heterocycles. The summed E-state index contributed by atoms with van der Waals surface area (Å²) in [6.07, 6.45) is 8.02. The molecule has 0 saturated heterocycles. The first kappa shape index (κ1) is 19.4. The lowest BCUT2D eigenvalue weighted by Crippen LogP contribution is -2.22. The van der Waals surface area contributed by atoms with Crippen molar-refractivity contribution >= 4 is 33.3 Å². The summed E-state index contributed by atoms with van der Waals surface area (Å²) in [5.41, 5.74) is 1.91. The topological polar surface area (TPSA) is 61.9 Å². The zero-order valence-electron chi connectivity index (χ0n) is 16.9. The Labute approximate surface area is 182 Å². The lowest BCUT2D eigenvalue weighted by Gasteiger charge is -2.15. The molecular weight excluding hydrogens is 416 g/mol. The van der Waals surface area contributed by atoms with Gasteiger partial charge in [0.2, 0.25) is 0 Å². The first-order chi connectivity index (χ1) is 14.7. The summed E-state index contributed by atoms with van der Waals surface area (Å²) in [6, 6.07) is 7.62. The van der Waals surface area contributed by atoms with Gasteiger partial charge in [-0.05, 0) is 43.4 Å². The second-order valence-electron chi connectivity index (χ2n) is 7.34. The average Bonchev–Trinajstić information content (AvgIpc) is 3.35. The maximum Gasteiger partial charge on any atom is 0.267 e. The Kier molecular flexibility index (Phi) is 5.12. The van der Waals surface area contributed by atoms with Gasteiger partial charge < -0.3 is 9.30 Å². The maximum atomic E-state index is 13.8. The van der Waals surface area contributed by atoms with Crippen LogP contribution in [0.3, 0.4) is 0 Å². The Balaban J connectivity index is 1.72. The van der Waals surface area contributed by atoms with Crippen molar-refractivity contribution < 1.29 is 4.74 Å². The maximum absolute atomic E-state index is 13.8. The second kappa shape index (κ2) is 7.92. The molecule has 4 aromatic rings. The quantitative estimate of drug-likeness (QED) is 0.342. The molecule has 8 heteroatoms. The van der Waals surface area contributed by atoms with E-state index in [0.29, 0.717) is 16.7 Å². The Bertz CT molecular complexity index is 1290. The largest absolute Gasteiger partial charge is 0.495 e. The Morgan fingerprint density at radius 1 is 1.23 bits per heavy atom. The van der Waals surface area contributed by atoms with Gasteiger partial charge in [-0.3, -0.25) is 9.36 Å². The Morgan fingerprint density at radius 3 is 2.87 bits per heavy atom. The van der Waals surface area contributed by atoms with Gasteiger partial charge in [0.1, 0.15) is 16.4 Å². The molecule has 1 aromatic carbocycles. The molecule has 0 fully saturated rings. The van der Waals surface area contributed by atoms with E-state index >= 15 is 0 Å².